The molecule has 0 saturated heterocycles. The fourth-order valence-corrected chi connectivity index (χ4v) is 3.14. The van der Waals surface area contributed by atoms with Gasteiger partial charge >= 0.3 is 0 Å². The van der Waals surface area contributed by atoms with Gasteiger partial charge in [-0.25, -0.2) is 0 Å². The van der Waals surface area contributed by atoms with Crippen molar-refractivity contribution < 1.29 is 0 Å². The highest BCUT2D eigenvalue weighted by Gasteiger charge is 2.45. The molecule has 0 spiro atoms. The van der Waals surface area contributed by atoms with E-state index in [-0.39, 0.29) is 0 Å². The molecule has 92 valence electrons. The summed E-state index contributed by atoms with van der Waals surface area (Å²) in [6.07, 6.45) is 5.52. The third-order valence-electron chi connectivity index (χ3n) is 4.84. The largest absolute Gasteiger partial charge is 0.313 e. The van der Waals surface area contributed by atoms with Crippen molar-refractivity contribution >= 4 is 0 Å². The van der Waals surface area contributed by atoms with Gasteiger partial charge in [-0.2, -0.15) is 0 Å². The summed E-state index contributed by atoms with van der Waals surface area (Å²) in [4.78, 5) is 0. The van der Waals surface area contributed by atoms with Crippen LogP contribution in [0.3, 0.4) is 0 Å². The highest BCUT2D eigenvalue weighted by atomic mass is 15.0. The molecular formula is C16H23N. The quantitative estimate of drug-likeness (QED) is 0.834. The van der Waals surface area contributed by atoms with E-state index in [1.807, 2.05) is 0 Å². The summed E-state index contributed by atoms with van der Waals surface area (Å²) in [5, 5.41) is 3.75. The van der Waals surface area contributed by atoms with E-state index in [1.165, 1.54) is 37.8 Å². The Morgan fingerprint density at radius 3 is 2.65 bits per heavy atom. The minimum atomic E-state index is 0.425. The molecule has 1 N–H and O–H groups in total. The lowest BCUT2D eigenvalue weighted by Gasteiger charge is -2.49. The predicted octanol–water partition coefficient (Wildman–Crippen LogP) is 3.41. The van der Waals surface area contributed by atoms with Gasteiger partial charge in [0.25, 0.3) is 0 Å². The number of aryl methyl sites for hydroxylation is 1. The van der Waals surface area contributed by atoms with Crippen molar-refractivity contribution in [2.75, 3.05) is 6.54 Å². The lowest BCUT2D eigenvalue weighted by Crippen LogP contribution is -2.50. The summed E-state index contributed by atoms with van der Waals surface area (Å²) in [6, 6.07) is 9.97. The van der Waals surface area contributed by atoms with Gasteiger partial charge in [0, 0.05) is 18.0 Å². The highest BCUT2D eigenvalue weighted by Crippen LogP contribution is 2.48. The van der Waals surface area contributed by atoms with Gasteiger partial charge in [0.2, 0.25) is 0 Å². The molecule has 1 nitrogen and oxygen atoms in total. The normalized spacial score (nSPS) is 32.2. The van der Waals surface area contributed by atoms with Crippen LogP contribution in [0.15, 0.2) is 24.3 Å². The standard InChI is InChI=1S/C16H23N/c1-12-4-3-5-14(10-12)16(9-8-13(16)2)11-17-15-6-7-15/h3-5,10,13,15,17H,6-9,11H2,1-2H3. The maximum atomic E-state index is 3.75. The third kappa shape index (κ3) is 2.01. The zero-order valence-electron chi connectivity index (χ0n) is 11.0. The molecule has 2 aliphatic carbocycles. The first-order valence-electron chi connectivity index (χ1n) is 7.01. The Morgan fingerprint density at radius 1 is 1.29 bits per heavy atom. The van der Waals surface area contributed by atoms with Crippen LogP contribution >= 0.6 is 0 Å². The molecular weight excluding hydrogens is 206 g/mol. The van der Waals surface area contributed by atoms with E-state index >= 15 is 0 Å². The molecule has 2 unspecified atom stereocenters. The van der Waals surface area contributed by atoms with Gasteiger partial charge in [0.05, 0.1) is 0 Å². The molecule has 0 amide bonds. The van der Waals surface area contributed by atoms with E-state index in [9.17, 15) is 0 Å². The molecule has 0 radical (unpaired) electrons. The molecule has 3 rings (SSSR count). The van der Waals surface area contributed by atoms with E-state index in [2.05, 4.69) is 43.4 Å². The first-order chi connectivity index (χ1) is 8.21. The smallest absolute Gasteiger partial charge is 0.0104 e. The Kier molecular flexibility index (Phi) is 2.74. The van der Waals surface area contributed by atoms with Crippen molar-refractivity contribution in [1.82, 2.24) is 5.32 Å². The van der Waals surface area contributed by atoms with Crippen LogP contribution in [0, 0.1) is 12.8 Å². The van der Waals surface area contributed by atoms with Crippen molar-refractivity contribution in [2.24, 2.45) is 5.92 Å². The van der Waals surface area contributed by atoms with Crippen LogP contribution in [0.1, 0.15) is 43.7 Å². The number of rotatable bonds is 4. The fraction of sp³-hybridized carbons (Fsp3) is 0.625. The highest BCUT2D eigenvalue weighted by molar-refractivity contribution is 5.33. The average Bonchev–Trinajstić information content (AvgIpc) is 3.12. The second kappa shape index (κ2) is 4.13. The number of nitrogens with one attached hydrogen (secondary N) is 1. The summed E-state index contributed by atoms with van der Waals surface area (Å²) in [6.45, 7) is 5.80. The lowest BCUT2D eigenvalue weighted by atomic mass is 9.57. The molecule has 2 atom stereocenters. The SMILES string of the molecule is Cc1cccc(C2(CNC3CC3)CCC2C)c1. The molecule has 2 aliphatic rings. The van der Waals surface area contributed by atoms with Gasteiger partial charge < -0.3 is 5.32 Å². The Morgan fingerprint density at radius 2 is 2.12 bits per heavy atom. The first-order valence-corrected chi connectivity index (χ1v) is 7.01. The Balaban J connectivity index is 1.82. The van der Waals surface area contributed by atoms with E-state index < -0.39 is 0 Å². The second-order valence-corrected chi connectivity index (χ2v) is 6.12. The Hall–Kier alpha value is -0.820. The molecule has 1 aromatic rings. The molecule has 2 saturated carbocycles. The van der Waals surface area contributed by atoms with Crippen LogP contribution in [-0.4, -0.2) is 12.6 Å². The molecule has 0 heterocycles. The van der Waals surface area contributed by atoms with Crippen molar-refractivity contribution in [3.8, 4) is 0 Å². The summed E-state index contributed by atoms with van der Waals surface area (Å²) in [5.41, 5.74) is 3.38. The Labute approximate surface area is 105 Å². The fourth-order valence-electron chi connectivity index (χ4n) is 3.14. The molecule has 1 heteroatoms. The summed E-state index contributed by atoms with van der Waals surface area (Å²) < 4.78 is 0. The van der Waals surface area contributed by atoms with Crippen molar-refractivity contribution in [2.45, 2.75) is 51.0 Å². The molecule has 1 aromatic carbocycles. The Bertz CT molecular complexity index is 408. The molecule has 17 heavy (non-hydrogen) atoms. The topological polar surface area (TPSA) is 12.0 Å². The van der Waals surface area contributed by atoms with Gasteiger partial charge in [0.15, 0.2) is 0 Å². The van der Waals surface area contributed by atoms with Crippen molar-refractivity contribution in [1.29, 1.82) is 0 Å². The molecule has 0 bridgehead atoms. The number of benzene rings is 1. The van der Waals surface area contributed by atoms with Crippen LogP contribution < -0.4 is 5.32 Å². The van der Waals surface area contributed by atoms with Crippen molar-refractivity contribution in [3.05, 3.63) is 35.4 Å². The summed E-state index contributed by atoms with van der Waals surface area (Å²) in [5.74, 6) is 0.829. The zero-order chi connectivity index (χ0) is 11.9. The molecule has 2 fully saturated rings. The third-order valence-corrected chi connectivity index (χ3v) is 4.84. The van der Waals surface area contributed by atoms with Gasteiger partial charge in [-0.1, -0.05) is 36.8 Å². The van der Waals surface area contributed by atoms with E-state index in [4.69, 9.17) is 0 Å². The van der Waals surface area contributed by atoms with Crippen LogP contribution in [0.25, 0.3) is 0 Å². The zero-order valence-corrected chi connectivity index (χ0v) is 11.0. The van der Waals surface area contributed by atoms with Gasteiger partial charge in [-0.15, -0.1) is 0 Å². The van der Waals surface area contributed by atoms with Gasteiger partial charge in [-0.3, -0.25) is 0 Å². The average molecular weight is 229 g/mol. The van der Waals surface area contributed by atoms with Crippen LogP contribution in [0.2, 0.25) is 0 Å². The van der Waals surface area contributed by atoms with E-state index in [0.717, 1.165) is 12.0 Å². The number of hydrogen-bond acceptors (Lipinski definition) is 1. The summed E-state index contributed by atoms with van der Waals surface area (Å²) >= 11 is 0. The minimum absolute atomic E-state index is 0.425. The van der Waals surface area contributed by atoms with E-state index in [1.54, 1.807) is 5.56 Å². The lowest BCUT2D eigenvalue weighted by molar-refractivity contribution is 0.133. The van der Waals surface area contributed by atoms with Crippen LogP contribution in [-0.2, 0) is 5.41 Å². The summed E-state index contributed by atoms with van der Waals surface area (Å²) in [7, 11) is 0. The maximum Gasteiger partial charge on any atom is 0.0104 e. The van der Waals surface area contributed by atoms with Crippen LogP contribution in [0.4, 0.5) is 0 Å². The second-order valence-electron chi connectivity index (χ2n) is 6.12. The number of hydrogen-bond donors (Lipinski definition) is 1. The van der Waals surface area contributed by atoms with Crippen molar-refractivity contribution in [3.63, 3.8) is 0 Å². The molecule has 0 aliphatic heterocycles. The van der Waals surface area contributed by atoms with E-state index in [0.29, 0.717) is 5.41 Å². The monoisotopic (exact) mass is 229 g/mol. The van der Waals surface area contributed by atoms with Gasteiger partial charge in [-0.05, 0) is 44.1 Å². The first kappa shape index (κ1) is 11.3. The maximum absolute atomic E-state index is 3.75. The van der Waals surface area contributed by atoms with Gasteiger partial charge in [0.1, 0.15) is 0 Å². The molecule has 0 aromatic heterocycles. The van der Waals surface area contributed by atoms with Crippen LogP contribution in [0.5, 0.6) is 0 Å². The predicted molar refractivity (Wildman–Crippen MR) is 72.3 cm³/mol. The minimum Gasteiger partial charge on any atom is -0.313 e.